The second-order valence-electron chi connectivity index (χ2n) is 6.68. The molecule has 2 aliphatic rings. The molecule has 0 aromatic carbocycles. The van der Waals surface area contributed by atoms with Crippen LogP contribution in [0.1, 0.15) is 59.3 Å². The van der Waals surface area contributed by atoms with Crippen molar-refractivity contribution in [1.82, 2.24) is 0 Å². The summed E-state index contributed by atoms with van der Waals surface area (Å²) >= 11 is 1.83. The molecule has 0 bridgehead atoms. The zero-order valence-electron chi connectivity index (χ0n) is 13.1. The maximum absolute atomic E-state index is 12.1. The van der Waals surface area contributed by atoms with E-state index in [-0.39, 0.29) is 11.3 Å². The van der Waals surface area contributed by atoms with Crippen LogP contribution in [-0.4, -0.2) is 28.0 Å². The molecule has 0 aliphatic heterocycles. The second kappa shape index (κ2) is 6.23. The van der Waals surface area contributed by atoms with E-state index in [0.29, 0.717) is 5.78 Å². The molecule has 0 spiro atoms. The first-order chi connectivity index (χ1) is 9.45. The molecule has 0 aromatic rings. The summed E-state index contributed by atoms with van der Waals surface area (Å²) in [5.74, 6) is 2.48. The van der Waals surface area contributed by atoms with Gasteiger partial charge in [0.1, 0.15) is 5.78 Å². The lowest BCUT2D eigenvalue weighted by Gasteiger charge is -2.38. The molecule has 20 heavy (non-hydrogen) atoms. The summed E-state index contributed by atoms with van der Waals surface area (Å²) in [5.41, 5.74) is 1.04. The zero-order valence-corrected chi connectivity index (χ0v) is 13.9. The Kier molecular flexibility index (Phi) is 5.01. The molecule has 1 saturated carbocycles. The summed E-state index contributed by atoms with van der Waals surface area (Å²) < 4.78 is 0. The highest BCUT2D eigenvalue weighted by Crippen LogP contribution is 2.51. The molecule has 2 rings (SSSR count). The SMILES string of the molecule is CCC(O)(CC)CSCC1=CCC2C(=O)CCCC12C. The molecule has 0 radical (unpaired) electrons. The van der Waals surface area contributed by atoms with Gasteiger partial charge in [-0.1, -0.05) is 32.4 Å². The van der Waals surface area contributed by atoms with Gasteiger partial charge >= 0.3 is 0 Å². The summed E-state index contributed by atoms with van der Waals surface area (Å²) in [4.78, 5) is 12.1. The van der Waals surface area contributed by atoms with Gasteiger partial charge in [0, 0.05) is 23.8 Å². The van der Waals surface area contributed by atoms with E-state index in [1.165, 1.54) is 5.57 Å². The predicted molar refractivity (Wildman–Crippen MR) is 86.0 cm³/mol. The van der Waals surface area contributed by atoms with Gasteiger partial charge in [0.05, 0.1) is 5.60 Å². The zero-order chi connectivity index (χ0) is 14.8. The molecule has 1 fully saturated rings. The van der Waals surface area contributed by atoms with Crippen LogP contribution in [0.3, 0.4) is 0 Å². The van der Waals surface area contributed by atoms with Gasteiger partial charge in [-0.2, -0.15) is 11.8 Å². The van der Waals surface area contributed by atoms with Crippen molar-refractivity contribution in [2.45, 2.75) is 64.9 Å². The lowest BCUT2D eigenvalue weighted by atomic mass is 9.66. The van der Waals surface area contributed by atoms with E-state index in [4.69, 9.17) is 0 Å². The minimum absolute atomic E-state index is 0.110. The first-order valence-electron chi connectivity index (χ1n) is 7.97. The van der Waals surface area contributed by atoms with Gasteiger partial charge in [-0.25, -0.2) is 0 Å². The lowest BCUT2D eigenvalue weighted by molar-refractivity contribution is -0.127. The summed E-state index contributed by atoms with van der Waals surface area (Å²) in [6, 6.07) is 0. The standard InChI is InChI=1S/C17H28O2S/c1-4-17(19,5-2)12-20-11-13-8-9-14-15(18)7-6-10-16(13,14)3/h8,14,19H,4-7,9-12H2,1-3H3. The molecule has 2 unspecified atom stereocenters. The molecule has 0 amide bonds. The van der Waals surface area contributed by atoms with Crippen molar-refractivity contribution in [2.75, 3.05) is 11.5 Å². The van der Waals surface area contributed by atoms with Crippen LogP contribution in [-0.2, 0) is 4.79 Å². The monoisotopic (exact) mass is 296 g/mol. The second-order valence-corrected chi connectivity index (χ2v) is 7.66. The third-order valence-electron chi connectivity index (χ3n) is 5.56. The quantitative estimate of drug-likeness (QED) is 0.753. The van der Waals surface area contributed by atoms with Crippen LogP contribution in [0.4, 0.5) is 0 Å². The number of aliphatic hydroxyl groups is 1. The molecular weight excluding hydrogens is 268 g/mol. The first kappa shape index (κ1) is 16.1. The van der Waals surface area contributed by atoms with Crippen LogP contribution < -0.4 is 0 Å². The van der Waals surface area contributed by atoms with E-state index in [2.05, 4.69) is 26.8 Å². The minimum Gasteiger partial charge on any atom is -0.389 e. The smallest absolute Gasteiger partial charge is 0.137 e. The fourth-order valence-electron chi connectivity index (χ4n) is 3.63. The number of carbonyl (C=O) groups excluding carboxylic acids is 1. The number of allylic oxidation sites excluding steroid dienone is 1. The maximum Gasteiger partial charge on any atom is 0.137 e. The van der Waals surface area contributed by atoms with E-state index in [9.17, 15) is 9.90 Å². The van der Waals surface area contributed by atoms with Gasteiger partial charge in [-0.3, -0.25) is 4.79 Å². The third-order valence-corrected chi connectivity index (χ3v) is 6.81. The number of fused-ring (bicyclic) bond motifs is 1. The van der Waals surface area contributed by atoms with Crippen LogP contribution in [0, 0.1) is 11.3 Å². The Morgan fingerprint density at radius 2 is 2.15 bits per heavy atom. The normalized spacial score (nSPS) is 30.3. The lowest BCUT2D eigenvalue weighted by Crippen LogP contribution is -2.36. The third kappa shape index (κ3) is 2.99. The van der Waals surface area contributed by atoms with E-state index in [0.717, 1.165) is 50.0 Å². The predicted octanol–water partition coefficient (Wildman–Crippen LogP) is 3.98. The molecule has 2 aliphatic carbocycles. The average molecular weight is 296 g/mol. The molecule has 0 heterocycles. The number of thioether (sulfide) groups is 1. The Balaban J connectivity index is 1.93. The van der Waals surface area contributed by atoms with Gasteiger partial charge in [0.15, 0.2) is 0 Å². The highest BCUT2D eigenvalue weighted by Gasteiger charge is 2.46. The van der Waals surface area contributed by atoms with Crippen LogP contribution in [0.25, 0.3) is 0 Å². The fourth-order valence-corrected chi connectivity index (χ4v) is 5.19. The Hall–Kier alpha value is -0.280. The number of Topliss-reactive ketones (excluding diaryl/α,β-unsaturated/α-hetero) is 1. The Labute approximate surface area is 127 Å². The molecule has 3 heteroatoms. The highest BCUT2D eigenvalue weighted by atomic mass is 32.2. The Morgan fingerprint density at radius 3 is 2.80 bits per heavy atom. The summed E-state index contributed by atoms with van der Waals surface area (Å²) in [6.45, 7) is 6.38. The Morgan fingerprint density at radius 1 is 1.45 bits per heavy atom. The molecule has 1 N–H and O–H groups in total. The van der Waals surface area contributed by atoms with Crippen molar-refractivity contribution >= 4 is 17.5 Å². The molecule has 114 valence electrons. The summed E-state index contributed by atoms with van der Waals surface area (Å²) in [5, 5.41) is 10.3. The van der Waals surface area contributed by atoms with Crippen molar-refractivity contribution in [3.63, 3.8) is 0 Å². The van der Waals surface area contributed by atoms with Crippen LogP contribution in [0.15, 0.2) is 11.6 Å². The fraction of sp³-hybridized carbons (Fsp3) is 0.824. The topological polar surface area (TPSA) is 37.3 Å². The largest absolute Gasteiger partial charge is 0.389 e. The number of hydrogen-bond acceptors (Lipinski definition) is 3. The minimum atomic E-state index is -0.521. The summed E-state index contributed by atoms with van der Waals surface area (Å²) in [7, 11) is 0. The number of hydrogen-bond donors (Lipinski definition) is 1. The van der Waals surface area contributed by atoms with Gasteiger partial charge in [0.2, 0.25) is 0 Å². The van der Waals surface area contributed by atoms with E-state index in [1.54, 1.807) is 0 Å². The van der Waals surface area contributed by atoms with Crippen molar-refractivity contribution in [2.24, 2.45) is 11.3 Å². The number of rotatable bonds is 6. The average Bonchev–Trinajstić information content (AvgIpc) is 2.77. The van der Waals surface area contributed by atoms with Crippen molar-refractivity contribution < 1.29 is 9.90 Å². The van der Waals surface area contributed by atoms with Gasteiger partial charge in [-0.15, -0.1) is 0 Å². The van der Waals surface area contributed by atoms with E-state index >= 15 is 0 Å². The highest BCUT2D eigenvalue weighted by molar-refractivity contribution is 7.99. The van der Waals surface area contributed by atoms with Crippen molar-refractivity contribution in [3.05, 3.63) is 11.6 Å². The molecule has 0 saturated heterocycles. The molecule has 0 aromatic heterocycles. The molecule has 2 nitrogen and oxygen atoms in total. The summed E-state index contributed by atoms with van der Waals surface area (Å²) in [6.07, 6.45) is 7.85. The number of ketones is 1. The van der Waals surface area contributed by atoms with Gasteiger partial charge in [-0.05, 0) is 37.5 Å². The van der Waals surface area contributed by atoms with E-state index < -0.39 is 5.60 Å². The molecule has 2 atom stereocenters. The van der Waals surface area contributed by atoms with Crippen LogP contribution in [0.5, 0.6) is 0 Å². The first-order valence-corrected chi connectivity index (χ1v) is 9.13. The van der Waals surface area contributed by atoms with Crippen LogP contribution >= 0.6 is 11.8 Å². The van der Waals surface area contributed by atoms with Crippen LogP contribution in [0.2, 0.25) is 0 Å². The van der Waals surface area contributed by atoms with Crippen molar-refractivity contribution in [3.8, 4) is 0 Å². The van der Waals surface area contributed by atoms with Gasteiger partial charge in [0.25, 0.3) is 0 Å². The molecular formula is C17H28O2S. The maximum atomic E-state index is 12.1. The van der Waals surface area contributed by atoms with Crippen molar-refractivity contribution in [1.29, 1.82) is 0 Å². The number of carbonyl (C=O) groups is 1. The van der Waals surface area contributed by atoms with Gasteiger partial charge < -0.3 is 5.11 Å². The Bertz CT molecular complexity index is 398. The van der Waals surface area contributed by atoms with E-state index in [1.807, 2.05) is 11.8 Å².